The minimum atomic E-state index is 0.559. The Balaban J connectivity index is 1.53. The van der Waals surface area contributed by atoms with Gasteiger partial charge >= 0.3 is 0 Å². The zero-order chi connectivity index (χ0) is 18.1. The van der Waals surface area contributed by atoms with Crippen molar-refractivity contribution >= 4 is 6.08 Å². The third-order valence-electron chi connectivity index (χ3n) is 7.30. The molecular weight excluding hydrogens is 326 g/mol. The Morgan fingerprint density at radius 3 is 2.26 bits per heavy atom. The Morgan fingerprint density at radius 1 is 0.741 bits per heavy atom. The molecule has 5 unspecified atom stereocenters. The number of rotatable bonds is 2. The highest BCUT2D eigenvalue weighted by atomic mass is 15.0. The van der Waals surface area contributed by atoms with E-state index in [4.69, 9.17) is 0 Å². The van der Waals surface area contributed by atoms with Crippen molar-refractivity contribution in [3.63, 3.8) is 0 Å². The van der Waals surface area contributed by atoms with Crippen LogP contribution in [-0.4, -0.2) is 12.1 Å². The van der Waals surface area contributed by atoms with Crippen LogP contribution >= 0.6 is 0 Å². The second kappa shape index (κ2) is 7.64. The predicted octanol–water partition coefficient (Wildman–Crippen LogP) is 6.18. The Labute approximate surface area is 163 Å². The summed E-state index contributed by atoms with van der Waals surface area (Å²) in [6.07, 6.45) is 12.0. The van der Waals surface area contributed by atoms with Crippen LogP contribution in [-0.2, 0) is 0 Å². The van der Waals surface area contributed by atoms with E-state index in [9.17, 15) is 0 Å². The van der Waals surface area contributed by atoms with Crippen LogP contribution in [0.15, 0.2) is 66.2 Å². The Kier molecular flexibility index (Phi) is 4.88. The molecule has 2 aliphatic carbocycles. The van der Waals surface area contributed by atoms with E-state index in [2.05, 4.69) is 72.1 Å². The lowest BCUT2D eigenvalue weighted by Crippen LogP contribution is -2.58. The summed E-state index contributed by atoms with van der Waals surface area (Å²) in [6.45, 7) is 0. The van der Waals surface area contributed by atoms with Gasteiger partial charge in [-0.25, -0.2) is 0 Å². The summed E-state index contributed by atoms with van der Waals surface area (Å²) in [7, 11) is 0. The molecule has 1 heteroatoms. The molecule has 140 valence electrons. The lowest BCUT2D eigenvalue weighted by atomic mass is 9.60. The molecule has 1 N–H and O–H groups in total. The molecule has 1 nitrogen and oxygen atoms in total. The van der Waals surface area contributed by atoms with E-state index in [0.717, 1.165) is 17.8 Å². The van der Waals surface area contributed by atoms with Gasteiger partial charge in [0.2, 0.25) is 0 Å². The van der Waals surface area contributed by atoms with Crippen LogP contribution in [0.5, 0.6) is 0 Å². The summed E-state index contributed by atoms with van der Waals surface area (Å²) in [5.74, 6) is 2.29. The first kappa shape index (κ1) is 17.3. The van der Waals surface area contributed by atoms with Crippen molar-refractivity contribution in [3.8, 4) is 0 Å². The van der Waals surface area contributed by atoms with Gasteiger partial charge in [0, 0.05) is 12.1 Å². The number of benzene rings is 2. The Hall–Kier alpha value is -1.86. The lowest BCUT2D eigenvalue weighted by molar-refractivity contribution is 0.0896. The summed E-state index contributed by atoms with van der Waals surface area (Å²) in [6, 6.07) is 23.6. The van der Waals surface area contributed by atoms with Gasteiger partial charge in [-0.3, -0.25) is 0 Å². The molecule has 2 aromatic rings. The van der Waals surface area contributed by atoms with Gasteiger partial charge < -0.3 is 5.32 Å². The first-order valence-corrected chi connectivity index (χ1v) is 11.0. The van der Waals surface area contributed by atoms with Crippen molar-refractivity contribution in [1.29, 1.82) is 0 Å². The number of piperidine rings is 1. The van der Waals surface area contributed by atoms with Gasteiger partial charge in [0.05, 0.1) is 0 Å². The summed E-state index contributed by atoms with van der Waals surface area (Å²) in [5, 5.41) is 4.16. The Bertz CT molecular complexity index is 778. The summed E-state index contributed by atoms with van der Waals surface area (Å²) in [4.78, 5) is 0. The van der Waals surface area contributed by atoms with E-state index < -0.39 is 0 Å². The maximum Gasteiger partial charge on any atom is 0.0319 e. The number of nitrogens with one attached hydrogen (secondary N) is 1. The van der Waals surface area contributed by atoms with E-state index in [1.54, 1.807) is 11.1 Å². The van der Waals surface area contributed by atoms with Gasteiger partial charge in [-0.2, -0.15) is 0 Å². The summed E-state index contributed by atoms with van der Waals surface area (Å²) < 4.78 is 0. The molecule has 3 fully saturated rings. The van der Waals surface area contributed by atoms with Gasteiger partial charge in [0.15, 0.2) is 0 Å². The van der Waals surface area contributed by atoms with E-state index in [1.165, 1.54) is 50.5 Å². The molecule has 5 rings (SSSR count). The smallest absolute Gasteiger partial charge is 0.0319 e. The van der Waals surface area contributed by atoms with Crippen molar-refractivity contribution < 1.29 is 0 Å². The van der Waals surface area contributed by atoms with Gasteiger partial charge in [-0.05, 0) is 61.0 Å². The van der Waals surface area contributed by atoms with Crippen LogP contribution in [0.25, 0.3) is 6.08 Å². The minimum Gasteiger partial charge on any atom is -0.307 e. The summed E-state index contributed by atoms with van der Waals surface area (Å²) in [5.41, 5.74) is 4.59. The fourth-order valence-electron chi connectivity index (χ4n) is 6.20. The first-order valence-electron chi connectivity index (χ1n) is 11.0. The fraction of sp³-hybridized carbons (Fsp3) is 0.462. The average Bonchev–Trinajstić information content (AvgIpc) is 2.74. The first-order chi connectivity index (χ1) is 13.4. The van der Waals surface area contributed by atoms with Gasteiger partial charge in [-0.1, -0.05) is 85.2 Å². The molecule has 0 radical (unpaired) electrons. The van der Waals surface area contributed by atoms with Crippen molar-refractivity contribution in [2.75, 3.05) is 0 Å². The van der Waals surface area contributed by atoms with Crippen LogP contribution in [0.2, 0.25) is 0 Å². The fourth-order valence-corrected chi connectivity index (χ4v) is 6.20. The van der Waals surface area contributed by atoms with Gasteiger partial charge in [0.1, 0.15) is 0 Å². The quantitative estimate of drug-likeness (QED) is 0.676. The SMILES string of the molecule is C(=C1CCCC2C1NC1CCCCC1C2c1ccccc1)c1ccccc1. The second-order valence-corrected chi connectivity index (χ2v) is 8.82. The molecule has 2 aromatic carbocycles. The molecule has 2 saturated carbocycles. The molecule has 0 aromatic heterocycles. The van der Waals surface area contributed by atoms with Gasteiger partial charge in [0.25, 0.3) is 0 Å². The largest absolute Gasteiger partial charge is 0.307 e. The maximum atomic E-state index is 4.16. The molecule has 1 heterocycles. The Morgan fingerprint density at radius 2 is 1.44 bits per heavy atom. The minimum absolute atomic E-state index is 0.559. The topological polar surface area (TPSA) is 12.0 Å². The highest BCUT2D eigenvalue weighted by molar-refractivity contribution is 5.55. The monoisotopic (exact) mass is 357 g/mol. The van der Waals surface area contributed by atoms with E-state index in [1.807, 2.05) is 0 Å². The molecule has 0 bridgehead atoms. The molecule has 5 atom stereocenters. The molecular formula is C26H31N. The predicted molar refractivity (Wildman–Crippen MR) is 114 cm³/mol. The van der Waals surface area contributed by atoms with E-state index in [-0.39, 0.29) is 0 Å². The molecule has 1 aliphatic heterocycles. The zero-order valence-corrected chi connectivity index (χ0v) is 16.2. The van der Waals surface area contributed by atoms with Crippen molar-refractivity contribution in [1.82, 2.24) is 5.32 Å². The second-order valence-electron chi connectivity index (χ2n) is 8.82. The van der Waals surface area contributed by atoms with E-state index in [0.29, 0.717) is 12.1 Å². The van der Waals surface area contributed by atoms with Crippen molar-refractivity contribution in [2.45, 2.75) is 62.9 Å². The highest BCUT2D eigenvalue weighted by Gasteiger charge is 2.47. The lowest BCUT2D eigenvalue weighted by Gasteiger charge is -2.53. The third-order valence-corrected chi connectivity index (χ3v) is 7.30. The third kappa shape index (κ3) is 3.38. The summed E-state index contributed by atoms with van der Waals surface area (Å²) >= 11 is 0. The van der Waals surface area contributed by atoms with Crippen LogP contribution in [0.4, 0.5) is 0 Å². The number of hydrogen-bond donors (Lipinski definition) is 1. The molecule has 27 heavy (non-hydrogen) atoms. The van der Waals surface area contributed by atoms with Crippen LogP contribution in [0.3, 0.4) is 0 Å². The normalized spacial score (nSPS) is 34.7. The highest BCUT2D eigenvalue weighted by Crippen LogP contribution is 2.50. The van der Waals surface area contributed by atoms with Crippen molar-refractivity contribution in [3.05, 3.63) is 77.4 Å². The maximum absolute atomic E-state index is 4.16. The molecule has 0 spiro atoms. The molecule has 1 saturated heterocycles. The number of fused-ring (bicyclic) bond motifs is 2. The van der Waals surface area contributed by atoms with Gasteiger partial charge in [-0.15, -0.1) is 0 Å². The van der Waals surface area contributed by atoms with Crippen LogP contribution in [0.1, 0.15) is 62.0 Å². The van der Waals surface area contributed by atoms with Crippen LogP contribution in [0, 0.1) is 11.8 Å². The standard InChI is InChI=1S/C26H31N/c1-3-10-19(11-4-1)18-21-14-9-16-23-25(20-12-5-2-6-13-20)22-15-7-8-17-24(22)27-26(21)23/h1-6,10-13,18,22-27H,7-9,14-17H2. The van der Waals surface area contributed by atoms with Crippen molar-refractivity contribution in [2.24, 2.45) is 11.8 Å². The van der Waals surface area contributed by atoms with Crippen LogP contribution < -0.4 is 5.32 Å². The molecule has 0 amide bonds. The molecule has 3 aliphatic rings. The average molecular weight is 358 g/mol. The number of hydrogen-bond acceptors (Lipinski definition) is 1. The zero-order valence-electron chi connectivity index (χ0n) is 16.2. The van der Waals surface area contributed by atoms with E-state index >= 15 is 0 Å².